The van der Waals surface area contributed by atoms with Gasteiger partial charge in [0.25, 0.3) is 5.91 Å². The van der Waals surface area contributed by atoms with Crippen molar-refractivity contribution < 1.29 is 18.3 Å². The van der Waals surface area contributed by atoms with Crippen molar-refractivity contribution in [3.05, 3.63) is 53.6 Å². The van der Waals surface area contributed by atoms with Gasteiger partial charge in [-0.25, -0.2) is 13.6 Å². The Morgan fingerprint density at radius 2 is 1.71 bits per heavy atom. The van der Waals surface area contributed by atoms with Gasteiger partial charge in [0.15, 0.2) is 0 Å². The number of nitrogens with one attached hydrogen (secondary N) is 1. The monoisotopic (exact) mass is 402 g/mol. The quantitative estimate of drug-likeness (QED) is 0.442. The van der Waals surface area contributed by atoms with E-state index >= 15 is 0 Å². The van der Waals surface area contributed by atoms with Crippen LogP contribution in [-0.2, 0) is 10.0 Å². The molecule has 0 saturated carbocycles. The second-order valence-corrected chi connectivity index (χ2v) is 8.27. The number of likely N-dealkylation sites (tertiary alicyclic amines) is 1. The lowest BCUT2D eigenvalue weighted by Crippen LogP contribution is -2.40. The van der Waals surface area contributed by atoms with Crippen molar-refractivity contribution in [3.63, 3.8) is 0 Å². The number of amides is 1. The lowest BCUT2D eigenvalue weighted by molar-refractivity contribution is 0.0546. The van der Waals surface area contributed by atoms with E-state index < -0.39 is 15.9 Å². The van der Waals surface area contributed by atoms with Crippen LogP contribution in [0.1, 0.15) is 28.8 Å². The molecule has 1 aliphatic heterocycles. The maximum atomic E-state index is 12.6. The van der Waals surface area contributed by atoms with Crippen LogP contribution >= 0.6 is 0 Å². The van der Waals surface area contributed by atoms with E-state index in [9.17, 15) is 18.3 Å². The molecule has 1 heterocycles. The molecule has 0 spiro atoms. The number of nitrogens with two attached hydrogens (primary N) is 2. The first-order valence-electron chi connectivity index (χ1n) is 8.76. The van der Waals surface area contributed by atoms with Crippen LogP contribution < -0.4 is 10.9 Å². The molecule has 1 saturated heterocycles. The molecule has 6 N–H and O–H groups in total. The van der Waals surface area contributed by atoms with Gasteiger partial charge in [0.05, 0.1) is 11.0 Å². The normalized spacial score (nSPS) is 15.4. The van der Waals surface area contributed by atoms with E-state index in [0.717, 1.165) is 0 Å². The predicted molar refractivity (Wildman–Crippen MR) is 105 cm³/mol. The van der Waals surface area contributed by atoms with Crippen LogP contribution in [0.2, 0.25) is 0 Å². The van der Waals surface area contributed by atoms with E-state index in [4.69, 9.17) is 16.3 Å². The second-order valence-electron chi connectivity index (χ2n) is 6.74. The van der Waals surface area contributed by atoms with Crippen molar-refractivity contribution in [2.45, 2.75) is 23.8 Å². The molecule has 2 aromatic rings. The Morgan fingerprint density at radius 3 is 2.25 bits per heavy atom. The molecule has 9 heteroatoms. The number of aliphatic hydroxyl groups is 1. The highest BCUT2D eigenvalue weighted by molar-refractivity contribution is 7.89. The molecule has 2 aromatic carbocycles. The summed E-state index contributed by atoms with van der Waals surface area (Å²) in [4.78, 5) is 14.1. The highest BCUT2D eigenvalue weighted by Gasteiger charge is 2.23. The number of amidine groups is 1. The molecule has 8 nitrogen and oxygen atoms in total. The Bertz CT molecular complexity index is 1010. The first-order valence-corrected chi connectivity index (χ1v) is 10.3. The number of carbonyl (C=O) groups excluding carboxylic acids is 1. The second kappa shape index (κ2) is 7.70. The van der Waals surface area contributed by atoms with E-state index in [1.165, 1.54) is 12.1 Å². The fourth-order valence-corrected chi connectivity index (χ4v) is 4.10. The first-order chi connectivity index (χ1) is 13.2. The smallest absolute Gasteiger partial charge is 0.253 e. The molecule has 1 aliphatic rings. The summed E-state index contributed by atoms with van der Waals surface area (Å²) in [5, 5.41) is 22.6. The van der Waals surface area contributed by atoms with Crippen LogP contribution in [0.3, 0.4) is 0 Å². The van der Waals surface area contributed by atoms with Gasteiger partial charge in [0.2, 0.25) is 10.0 Å². The van der Waals surface area contributed by atoms with Crippen LogP contribution in [0.5, 0.6) is 0 Å². The molecule has 0 unspecified atom stereocenters. The maximum Gasteiger partial charge on any atom is 0.253 e. The van der Waals surface area contributed by atoms with Crippen LogP contribution in [0.25, 0.3) is 11.1 Å². The van der Waals surface area contributed by atoms with Crippen LogP contribution in [-0.4, -0.2) is 49.4 Å². The third-order valence-electron chi connectivity index (χ3n) is 4.80. The number of carbonyl (C=O) groups is 1. The summed E-state index contributed by atoms with van der Waals surface area (Å²) < 4.78 is 23.7. The third-order valence-corrected chi connectivity index (χ3v) is 5.75. The molecule has 0 aliphatic carbocycles. The number of piperidine rings is 1. The number of rotatable bonds is 4. The highest BCUT2D eigenvalue weighted by Crippen LogP contribution is 2.28. The fourth-order valence-electron chi connectivity index (χ4n) is 3.33. The first kappa shape index (κ1) is 20.0. The summed E-state index contributed by atoms with van der Waals surface area (Å²) in [6.07, 6.45) is 0.765. The average Bonchev–Trinajstić information content (AvgIpc) is 2.67. The van der Waals surface area contributed by atoms with Gasteiger partial charge in [-0.05, 0) is 42.2 Å². The summed E-state index contributed by atoms with van der Waals surface area (Å²) >= 11 is 0. The Balaban J connectivity index is 1.94. The van der Waals surface area contributed by atoms with Crippen molar-refractivity contribution >= 4 is 21.8 Å². The van der Waals surface area contributed by atoms with E-state index in [-0.39, 0.29) is 22.5 Å². The Kier molecular flexibility index (Phi) is 5.50. The van der Waals surface area contributed by atoms with Gasteiger partial charge < -0.3 is 15.7 Å². The Labute approximate surface area is 163 Å². The Morgan fingerprint density at radius 1 is 1.11 bits per heavy atom. The molecular weight excluding hydrogens is 380 g/mol. The lowest BCUT2D eigenvalue weighted by atomic mass is 9.97. The van der Waals surface area contributed by atoms with Crippen molar-refractivity contribution in [1.82, 2.24) is 4.90 Å². The third kappa shape index (κ3) is 4.06. The van der Waals surface area contributed by atoms with E-state index in [1.807, 2.05) is 0 Å². The van der Waals surface area contributed by atoms with Crippen molar-refractivity contribution in [2.75, 3.05) is 13.1 Å². The van der Waals surface area contributed by atoms with E-state index in [0.29, 0.717) is 42.6 Å². The number of hydrogen-bond donors (Lipinski definition) is 4. The van der Waals surface area contributed by atoms with Gasteiger partial charge in [-0.1, -0.05) is 24.3 Å². The van der Waals surface area contributed by atoms with Crippen LogP contribution in [0.4, 0.5) is 0 Å². The molecule has 28 heavy (non-hydrogen) atoms. The number of primary sulfonamides is 1. The number of nitrogen functional groups attached to an aromatic ring is 1. The minimum atomic E-state index is -4.05. The SMILES string of the molecule is N=C(N)c1c(-c2ccc(C(=O)N3CCC(O)CC3)cc2)cccc1S(N)(=O)=O. The number of hydrogen-bond acceptors (Lipinski definition) is 5. The molecule has 0 atom stereocenters. The molecule has 1 amide bonds. The standard InChI is InChI=1S/C19H22N4O4S/c20-18(21)17-15(2-1-3-16(17)28(22,26)27)12-4-6-13(7-5-12)19(25)23-10-8-14(24)9-11-23/h1-7,14,24H,8-11H2,(H3,20,21)(H2,22,26,27). The predicted octanol–water partition coefficient (Wildman–Crippen LogP) is 0.882. The van der Waals surface area contributed by atoms with Crippen molar-refractivity contribution in [1.29, 1.82) is 5.41 Å². The molecule has 0 bridgehead atoms. The molecule has 148 valence electrons. The zero-order valence-corrected chi connectivity index (χ0v) is 15.9. The van der Waals surface area contributed by atoms with Gasteiger partial charge in [-0.3, -0.25) is 10.2 Å². The number of sulfonamides is 1. The summed E-state index contributed by atoms with van der Waals surface area (Å²) in [7, 11) is -4.05. The van der Waals surface area contributed by atoms with Gasteiger partial charge in [0.1, 0.15) is 5.84 Å². The van der Waals surface area contributed by atoms with Crippen molar-refractivity contribution in [2.24, 2.45) is 10.9 Å². The fraction of sp³-hybridized carbons (Fsp3) is 0.263. The molecule has 0 radical (unpaired) electrons. The lowest BCUT2D eigenvalue weighted by Gasteiger charge is -2.29. The maximum absolute atomic E-state index is 12.6. The van der Waals surface area contributed by atoms with Gasteiger partial charge in [0, 0.05) is 24.2 Å². The number of aliphatic hydroxyl groups excluding tert-OH is 1. The number of nitrogens with zero attached hydrogens (tertiary/aromatic N) is 1. The summed E-state index contributed by atoms with van der Waals surface area (Å²) in [5.74, 6) is -0.532. The van der Waals surface area contributed by atoms with E-state index in [2.05, 4.69) is 0 Å². The van der Waals surface area contributed by atoms with Crippen LogP contribution in [0.15, 0.2) is 47.4 Å². The molecular formula is C19H22N4O4S. The summed E-state index contributed by atoms with van der Waals surface area (Å²) in [6.45, 7) is 1.01. The topological polar surface area (TPSA) is 151 Å². The van der Waals surface area contributed by atoms with E-state index in [1.54, 1.807) is 35.2 Å². The zero-order valence-electron chi connectivity index (χ0n) is 15.1. The highest BCUT2D eigenvalue weighted by atomic mass is 32.2. The average molecular weight is 402 g/mol. The van der Waals surface area contributed by atoms with Gasteiger partial charge >= 0.3 is 0 Å². The minimum Gasteiger partial charge on any atom is -0.393 e. The Hall–Kier alpha value is -2.75. The summed E-state index contributed by atoms with van der Waals surface area (Å²) in [6, 6.07) is 11.1. The minimum absolute atomic E-state index is 0.0362. The molecule has 0 aromatic heterocycles. The largest absolute Gasteiger partial charge is 0.393 e. The van der Waals surface area contributed by atoms with Gasteiger partial charge in [-0.15, -0.1) is 0 Å². The summed E-state index contributed by atoms with van der Waals surface area (Å²) in [5.41, 5.74) is 7.20. The number of benzene rings is 2. The molecule has 1 fully saturated rings. The van der Waals surface area contributed by atoms with Gasteiger partial charge in [-0.2, -0.15) is 0 Å². The van der Waals surface area contributed by atoms with Crippen LogP contribution in [0, 0.1) is 5.41 Å². The van der Waals surface area contributed by atoms with Crippen molar-refractivity contribution in [3.8, 4) is 11.1 Å². The molecule has 3 rings (SSSR count). The zero-order chi connectivity index (χ0) is 20.5.